The summed E-state index contributed by atoms with van der Waals surface area (Å²) in [5.74, 6) is 1.53. The van der Waals surface area contributed by atoms with Crippen LogP contribution in [0, 0.1) is 20.8 Å². The summed E-state index contributed by atoms with van der Waals surface area (Å²) in [7, 11) is 0. The largest absolute Gasteiger partial charge is 0.359 e. The van der Waals surface area contributed by atoms with Gasteiger partial charge >= 0.3 is 0 Å². The Morgan fingerprint density at radius 2 is 1.94 bits per heavy atom. The van der Waals surface area contributed by atoms with Gasteiger partial charge in [-0.15, -0.1) is 0 Å². The molecule has 2 atom stereocenters. The van der Waals surface area contributed by atoms with Crippen LogP contribution in [0.4, 0.5) is 0 Å². The van der Waals surface area contributed by atoms with Gasteiger partial charge in [0.15, 0.2) is 0 Å². The first-order valence-electron chi connectivity index (χ1n) is 11.6. The summed E-state index contributed by atoms with van der Waals surface area (Å²) in [6, 6.07) is 13.3. The molecule has 1 fully saturated rings. The third kappa shape index (κ3) is 3.31. The highest BCUT2D eigenvalue weighted by molar-refractivity contribution is 5.80. The SMILES string of the molecule is CC1=CCC(c2cccc(C)c2)C=C1N1CCC[C@@]1(C)c1nc2c(C)c(C)ccc2[nH]1. The lowest BCUT2D eigenvalue weighted by molar-refractivity contribution is 0.198. The number of nitrogens with one attached hydrogen (secondary N) is 1. The lowest BCUT2D eigenvalue weighted by atomic mass is 9.86. The monoisotopic (exact) mass is 411 g/mol. The quantitative estimate of drug-likeness (QED) is 0.513. The molecule has 0 bridgehead atoms. The van der Waals surface area contributed by atoms with Crippen LogP contribution in [0.5, 0.6) is 0 Å². The van der Waals surface area contributed by atoms with Gasteiger partial charge in [0.1, 0.15) is 5.82 Å². The van der Waals surface area contributed by atoms with E-state index in [2.05, 4.69) is 93.1 Å². The van der Waals surface area contributed by atoms with Gasteiger partial charge in [0, 0.05) is 18.2 Å². The number of H-pyrrole nitrogens is 1. The number of aromatic nitrogens is 2. The molecule has 0 spiro atoms. The van der Waals surface area contributed by atoms with E-state index in [-0.39, 0.29) is 5.54 Å². The van der Waals surface area contributed by atoms with Crippen LogP contribution in [-0.4, -0.2) is 21.4 Å². The van der Waals surface area contributed by atoms with Crippen LogP contribution in [0.15, 0.2) is 59.8 Å². The van der Waals surface area contributed by atoms with Crippen molar-refractivity contribution in [2.75, 3.05) is 6.54 Å². The summed E-state index contributed by atoms with van der Waals surface area (Å²) in [6.07, 6.45) is 8.31. The average Bonchev–Trinajstić information content (AvgIpc) is 3.36. The van der Waals surface area contributed by atoms with E-state index in [0.29, 0.717) is 5.92 Å². The Morgan fingerprint density at radius 3 is 2.74 bits per heavy atom. The van der Waals surface area contributed by atoms with E-state index in [1.165, 1.54) is 39.9 Å². The van der Waals surface area contributed by atoms with Crippen LogP contribution in [0.3, 0.4) is 0 Å². The van der Waals surface area contributed by atoms with Gasteiger partial charge in [0.05, 0.1) is 16.6 Å². The molecule has 1 N–H and O–H groups in total. The van der Waals surface area contributed by atoms with Crippen LogP contribution in [0.1, 0.15) is 67.1 Å². The zero-order valence-corrected chi connectivity index (χ0v) is 19.4. The minimum absolute atomic E-state index is 0.116. The fourth-order valence-corrected chi connectivity index (χ4v) is 5.40. The summed E-state index contributed by atoms with van der Waals surface area (Å²) in [5.41, 5.74) is 10.2. The van der Waals surface area contributed by atoms with Crippen molar-refractivity contribution in [3.05, 3.63) is 87.9 Å². The molecule has 1 aliphatic carbocycles. The summed E-state index contributed by atoms with van der Waals surface area (Å²) in [5, 5.41) is 0. The number of imidazole rings is 1. The Morgan fingerprint density at radius 1 is 1.10 bits per heavy atom. The average molecular weight is 412 g/mol. The maximum absolute atomic E-state index is 5.14. The van der Waals surface area contributed by atoms with E-state index in [4.69, 9.17) is 4.98 Å². The number of fused-ring (bicyclic) bond motifs is 1. The number of likely N-dealkylation sites (tertiary alicyclic amines) is 1. The molecule has 5 rings (SSSR count). The second-order valence-corrected chi connectivity index (χ2v) is 9.71. The molecule has 1 aliphatic heterocycles. The lowest BCUT2D eigenvalue weighted by Gasteiger charge is -2.39. The summed E-state index contributed by atoms with van der Waals surface area (Å²) in [4.78, 5) is 11.4. The van der Waals surface area contributed by atoms with Crippen LogP contribution in [0.25, 0.3) is 11.0 Å². The summed E-state index contributed by atoms with van der Waals surface area (Å²) >= 11 is 0. The number of rotatable bonds is 3. The van der Waals surface area contributed by atoms with Crippen LogP contribution < -0.4 is 0 Å². The number of hydrogen-bond donors (Lipinski definition) is 1. The Hall–Kier alpha value is -2.81. The molecule has 1 aromatic heterocycles. The predicted molar refractivity (Wildman–Crippen MR) is 129 cm³/mol. The number of hydrogen-bond acceptors (Lipinski definition) is 2. The van der Waals surface area contributed by atoms with Gasteiger partial charge in [-0.3, -0.25) is 0 Å². The first-order chi connectivity index (χ1) is 14.9. The van der Waals surface area contributed by atoms with Crippen LogP contribution >= 0.6 is 0 Å². The second-order valence-electron chi connectivity index (χ2n) is 9.71. The van der Waals surface area contributed by atoms with Gasteiger partial charge in [-0.25, -0.2) is 4.98 Å². The summed E-state index contributed by atoms with van der Waals surface area (Å²) < 4.78 is 0. The standard InChI is InChI=1S/C28H33N3/c1-18-8-6-9-22(16-18)23-12-10-20(3)25(17-23)31-15-7-14-28(31,5)27-29-24-13-11-19(2)21(4)26(24)30-27/h6,8-11,13,16-17,23H,7,12,14-15H2,1-5H3,(H,29,30)/t23?,28-/m0/s1. The van der Waals surface area contributed by atoms with Gasteiger partial charge in [-0.05, 0) is 82.2 Å². The topological polar surface area (TPSA) is 31.9 Å². The molecule has 3 nitrogen and oxygen atoms in total. The predicted octanol–water partition coefficient (Wildman–Crippen LogP) is 6.82. The fourth-order valence-electron chi connectivity index (χ4n) is 5.40. The van der Waals surface area contributed by atoms with Gasteiger partial charge in [-0.2, -0.15) is 0 Å². The molecular formula is C28H33N3. The van der Waals surface area contributed by atoms with Crippen molar-refractivity contribution >= 4 is 11.0 Å². The Labute approximate surface area is 185 Å². The first kappa shape index (κ1) is 20.1. The molecule has 0 amide bonds. The van der Waals surface area contributed by atoms with E-state index in [0.717, 1.165) is 36.2 Å². The van der Waals surface area contributed by atoms with Gasteiger partial charge in [0.2, 0.25) is 0 Å². The van der Waals surface area contributed by atoms with E-state index in [9.17, 15) is 0 Å². The highest BCUT2D eigenvalue weighted by Gasteiger charge is 2.42. The van der Waals surface area contributed by atoms with Crippen molar-refractivity contribution in [2.45, 2.75) is 65.3 Å². The zero-order chi connectivity index (χ0) is 21.8. The van der Waals surface area contributed by atoms with Gasteiger partial charge in [0.25, 0.3) is 0 Å². The van der Waals surface area contributed by atoms with Crippen molar-refractivity contribution in [1.29, 1.82) is 0 Å². The third-order valence-corrected chi connectivity index (χ3v) is 7.53. The molecule has 160 valence electrons. The van der Waals surface area contributed by atoms with E-state index in [1.807, 2.05) is 0 Å². The third-order valence-electron chi connectivity index (χ3n) is 7.53. The van der Waals surface area contributed by atoms with Gasteiger partial charge in [-0.1, -0.05) is 48.0 Å². The Bertz CT molecular complexity index is 1210. The zero-order valence-electron chi connectivity index (χ0n) is 19.4. The molecule has 1 unspecified atom stereocenters. The maximum Gasteiger partial charge on any atom is 0.132 e. The molecule has 3 aromatic rings. The number of allylic oxidation sites excluding steroid dienone is 3. The molecule has 2 aliphatic rings. The molecule has 1 saturated heterocycles. The second kappa shape index (κ2) is 7.40. The van der Waals surface area contributed by atoms with Crippen molar-refractivity contribution in [2.24, 2.45) is 0 Å². The van der Waals surface area contributed by atoms with Crippen LogP contribution in [-0.2, 0) is 5.54 Å². The molecule has 2 aromatic carbocycles. The highest BCUT2D eigenvalue weighted by Crippen LogP contribution is 2.44. The van der Waals surface area contributed by atoms with Crippen molar-refractivity contribution < 1.29 is 0 Å². The Balaban J connectivity index is 1.56. The van der Waals surface area contributed by atoms with E-state index in [1.54, 1.807) is 0 Å². The number of nitrogens with zero attached hydrogens (tertiary/aromatic N) is 2. The Kier molecular flexibility index (Phi) is 4.80. The molecule has 3 heteroatoms. The smallest absolute Gasteiger partial charge is 0.132 e. The highest BCUT2D eigenvalue weighted by atomic mass is 15.3. The molecule has 0 radical (unpaired) electrons. The lowest BCUT2D eigenvalue weighted by Crippen LogP contribution is -2.39. The minimum atomic E-state index is -0.116. The number of benzene rings is 2. The van der Waals surface area contributed by atoms with Crippen molar-refractivity contribution in [1.82, 2.24) is 14.9 Å². The summed E-state index contributed by atoms with van der Waals surface area (Å²) in [6.45, 7) is 12.2. The number of aryl methyl sites for hydroxylation is 3. The normalized spacial score (nSPS) is 23.9. The first-order valence-corrected chi connectivity index (χ1v) is 11.6. The van der Waals surface area contributed by atoms with E-state index >= 15 is 0 Å². The molecular weight excluding hydrogens is 378 g/mol. The van der Waals surface area contributed by atoms with Crippen molar-refractivity contribution in [3.8, 4) is 0 Å². The maximum atomic E-state index is 5.14. The molecule has 2 heterocycles. The number of aromatic amines is 1. The van der Waals surface area contributed by atoms with Crippen LogP contribution in [0.2, 0.25) is 0 Å². The van der Waals surface area contributed by atoms with Crippen molar-refractivity contribution in [3.63, 3.8) is 0 Å². The molecule has 31 heavy (non-hydrogen) atoms. The molecule has 0 saturated carbocycles. The fraction of sp³-hybridized carbons (Fsp3) is 0.393. The minimum Gasteiger partial charge on any atom is -0.359 e. The van der Waals surface area contributed by atoms with E-state index < -0.39 is 0 Å². The van der Waals surface area contributed by atoms with Gasteiger partial charge < -0.3 is 9.88 Å².